The lowest BCUT2D eigenvalue weighted by Gasteiger charge is -2.43. The lowest BCUT2D eigenvalue weighted by molar-refractivity contribution is 0.259. The van der Waals surface area contributed by atoms with Gasteiger partial charge >= 0.3 is 0 Å². The van der Waals surface area contributed by atoms with E-state index < -0.39 is 8.32 Å². The highest BCUT2D eigenvalue weighted by atomic mass is 28.4. The van der Waals surface area contributed by atoms with Gasteiger partial charge in [-0.15, -0.1) is 0 Å². The molecule has 3 rings (SSSR count). The maximum absolute atomic E-state index is 7.57. The normalized spacial score (nSPS) is 19.8. The molecule has 3 nitrogen and oxygen atoms in total. The van der Waals surface area contributed by atoms with Gasteiger partial charge in [0, 0.05) is 12.6 Å². The lowest BCUT2D eigenvalue weighted by Crippen LogP contribution is -2.67. The number of benzene rings is 2. The molecule has 0 saturated carbocycles. The molecule has 1 aliphatic heterocycles. The van der Waals surface area contributed by atoms with Gasteiger partial charge in [-0.3, -0.25) is 0 Å². The summed E-state index contributed by atoms with van der Waals surface area (Å²) in [6.07, 6.45) is 1.21. The van der Waals surface area contributed by atoms with E-state index in [1.165, 1.54) is 16.8 Å². The van der Waals surface area contributed by atoms with Crippen molar-refractivity contribution >= 4 is 18.7 Å². The molecule has 1 saturated heterocycles. The van der Waals surface area contributed by atoms with Gasteiger partial charge in [-0.2, -0.15) is 0 Å². The molecular formula is C24H37NO2Si. The van der Waals surface area contributed by atoms with Crippen LogP contribution in [0.2, 0.25) is 5.04 Å². The monoisotopic (exact) mass is 399 g/mol. The van der Waals surface area contributed by atoms with E-state index in [1.54, 1.807) is 6.92 Å². The number of nitrogens with one attached hydrogen (secondary N) is 1. The molecule has 4 heteroatoms. The van der Waals surface area contributed by atoms with Gasteiger partial charge < -0.3 is 14.8 Å². The van der Waals surface area contributed by atoms with E-state index in [-0.39, 0.29) is 11.6 Å². The standard InChI is InChI=1S/C22H31NOSi.C2H6O/c1-18-15-19(23-16-18)17-24-25(22(2,3)4,20-11-7-5-8-12-20)21-13-9-6-10-14-21;1-2-3/h5-14,18-19,23H,15-17H2,1-4H3;3H,2H2,1H3/t18-,19+;/m1./s1. The third kappa shape index (κ3) is 5.32. The maximum Gasteiger partial charge on any atom is 0.261 e. The molecule has 0 unspecified atom stereocenters. The predicted molar refractivity (Wildman–Crippen MR) is 122 cm³/mol. The van der Waals surface area contributed by atoms with E-state index in [2.05, 4.69) is 93.7 Å². The summed E-state index contributed by atoms with van der Waals surface area (Å²) < 4.78 is 6.97. The largest absolute Gasteiger partial charge is 0.406 e. The van der Waals surface area contributed by atoms with E-state index in [1.807, 2.05) is 0 Å². The Labute approximate surface area is 172 Å². The van der Waals surface area contributed by atoms with Crippen LogP contribution in [0.4, 0.5) is 0 Å². The van der Waals surface area contributed by atoms with Crippen LogP contribution < -0.4 is 15.7 Å². The van der Waals surface area contributed by atoms with Crippen LogP contribution in [0.15, 0.2) is 60.7 Å². The van der Waals surface area contributed by atoms with E-state index in [9.17, 15) is 0 Å². The van der Waals surface area contributed by atoms with Crippen LogP contribution in [-0.2, 0) is 4.43 Å². The smallest absolute Gasteiger partial charge is 0.261 e. The van der Waals surface area contributed by atoms with Crippen molar-refractivity contribution in [3.63, 3.8) is 0 Å². The molecule has 2 aromatic rings. The van der Waals surface area contributed by atoms with E-state index in [4.69, 9.17) is 9.53 Å². The molecule has 0 bridgehead atoms. The first-order valence-electron chi connectivity index (χ1n) is 10.4. The van der Waals surface area contributed by atoms with Crippen molar-refractivity contribution in [3.8, 4) is 0 Å². The van der Waals surface area contributed by atoms with Gasteiger partial charge in [0.25, 0.3) is 8.32 Å². The Morgan fingerprint density at radius 2 is 1.46 bits per heavy atom. The topological polar surface area (TPSA) is 41.5 Å². The molecule has 28 heavy (non-hydrogen) atoms. The van der Waals surface area contributed by atoms with Crippen LogP contribution in [0.3, 0.4) is 0 Å². The first-order chi connectivity index (χ1) is 13.3. The molecule has 0 spiro atoms. The quantitative estimate of drug-likeness (QED) is 0.756. The zero-order valence-electron chi connectivity index (χ0n) is 18.1. The molecule has 154 valence electrons. The Morgan fingerprint density at radius 1 is 1.00 bits per heavy atom. The minimum atomic E-state index is -2.38. The zero-order valence-corrected chi connectivity index (χ0v) is 19.1. The van der Waals surface area contributed by atoms with Crippen LogP contribution in [-0.4, -0.2) is 39.2 Å². The second-order valence-electron chi connectivity index (χ2n) is 8.74. The van der Waals surface area contributed by atoms with Gasteiger partial charge in [-0.05, 0) is 41.2 Å². The van der Waals surface area contributed by atoms with Crippen molar-refractivity contribution in [1.82, 2.24) is 5.32 Å². The fourth-order valence-electron chi connectivity index (χ4n) is 4.13. The third-order valence-corrected chi connectivity index (χ3v) is 10.4. The maximum atomic E-state index is 7.57. The van der Waals surface area contributed by atoms with Crippen LogP contribution in [0.25, 0.3) is 0 Å². The summed E-state index contributed by atoms with van der Waals surface area (Å²) in [5, 5.41) is 14.0. The number of rotatable bonds is 5. The summed E-state index contributed by atoms with van der Waals surface area (Å²) in [7, 11) is -2.38. The average molecular weight is 400 g/mol. The van der Waals surface area contributed by atoms with Crippen LogP contribution in [0, 0.1) is 5.92 Å². The molecule has 0 aromatic heterocycles. The fraction of sp³-hybridized carbons (Fsp3) is 0.500. The number of hydrogen-bond acceptors (Lipinski definition) is 3. The Balaban J connectivity index is 0.000000878. The minimum Gasteiger partial charge on any atom is -0.406 e. The molecule has 0 amide bonds. The molecule has 1 heterocycles. The summed E-state index contributed by atoms with van der Waals surface area (Å²) in [6.45, 7) is 13.2. The van der Waals surface area contributed by atoms with Gasteiger partial charge in [0.05, 0.1) is 6.61 Å². The highest BCUT2D eigenvalue weighted by Crippen LogP contribution is 2.37. The molecule has 2 atom stereocenters. The Bertz CT molecular complexity index is 645. The van der Waals surface area contributed by atoms with E-state index in [0.29, 0.717) is 6.04 Å². The van der Waals surface area contributed by atoms with Crippen molar-refractivity contribution in [2.24, 2.45) is 5.92 Å². The SMILES string of the molecule is CCO.C[C@H]1CN[C@H](CO[Si](c2ccccc2)(c2ccccc2)C(C)(C)C)C1. The van der Waals surface area contributed by atoms with Crippen molar-refractivity contribution in [3.05, 3.63) is 60.7 Å². The zero-order chi connectivity index (χ0) is 20.6. The summed E-state index contributed by atoms with van der Waals surface area (Å²) in [4.78, 5) is 0. The summed E-state index contributed by atoms with van der Waals surface area (Å²) in [5.74, 6) is 0.743. The summed E-state index contributed by atoms with van der Waals surface area (Å²) in [5.41, 5.74) is 0. The molecule has 0 aliphatic carbocycles. The summed E-state index contributed by atoms with van der Waals surface area (Å²) in [6, 6.07) is 22.3. The Morgan fingerprint density at radius 3 is 1.82 bits per heavy atom. The van der Waals surface area contributed by atoms with Crippen molar-refractivity contribution in [2.75, 3.05) is 19.8 Å². The Hall–Kier alpha value is -1.46. The van der Waals surface area contributed by atoms with E-state index >= 15 is 0 Å². The van der Waals surface area contributed by atoms with Crippen molar-refractivity contribution in [1.29, 1.82) is 0 Å². The molecular weight excluding hydrogens is 362 g/mol. The molecule has 1 aliphatic rings. The van der Waals surface area contributed by atoms with Crippen LogP contribution in [0.1, 0.15) is 41.0 Å². The molecule has 0 radical (unpaired) electrons. The van der Waals surface area contributed by atoms with Gasteiger partial charge in [0.2, 0.25) is 0 Å². The lowest BCUT2D eigenvalue weighted by atomic mass is 10.1. The number of hydrogen-bond donors (Lipinski definition) is 2. The first-order valence-corrected chi connectivity index (χ1v) is 12.3. The van der Waals surface area contributed by atoms with Gasteiger partial charge in [-0.1, -0.05) is 88.4 Å². The second-order valence-corrected chi connectivity index (χ2v) is 13.0. The average Bonchev–Trinajstić information content (AvgIpc) is 3.09. The second kappa shape index (κ2) is 10.4. The van der Waals surface area contributed by atoms with Crippen molar-refractivity contribution < 1.29 is 9.53 Å². The highest BCUT2D eigenvalue weighted by molar-refractivity contribution is 6.99. The molecule has 1 fully saturated rings. The predicted octanol–water partition coefficient (Wildman–Crippen LogP) is 3.56. The molecule has 2 N–H and O–H groups in total. The van der Waals surface area contributed by atoms with Crippen LogP contribution >= 0.6 is 0 Å². The summed E-state index contributed by atoms with van der Waals surface area (Å²) >= 11 is 0. The Kier molecular flexibility index (Phi) is 8.44. The highest BCUT2D eigenvalue weighted by Gasteiger charge is 2.50. The van der Waals surface area contributed by atoms with Gasteiger partial charge in [0.15, 0.2) is 0 Å². The number of aliphatic hydroxyl groups is 1. The van der Waals surface area contributed by atoms with Gasteiger partial charge in [0.1, 0.15) is 0 Å². The van der Waals surface area contributed by atoms with E-state index in [0.717, 1.165) is 19.1 Å². The number of aliphatic hydroxyl groups excluding tert-OH is 1. The fourth-order valence-corrected chi connectivity index (χ4v) is 8.74. The first kappa shape index (κ1) is 22.8. The van der Waals surface area contributed by atoms with Gasteiger partial charge in [-0.25, -0.2) is 0 Å². The minimum absolute atomic E-state index is 0.0555. The van der Waals surface area contributed by atoms with Crippen molar-refractivity contribution in [2.45, 2.75) is 52.1 Å². The molecule has 2 aromatic carbocycles. The van der Waals surface area contributed by atoms with Crippen LogP contribution in [0.5, 0.6) is 0 Å². The third-order valence-electron chi connectivity index (χ3n) is 5.36.